The van der Waals surface area contributed by atoms with Crippen molar-refractivity contribution in [3.05, 3.63) is 59.7 Å². The maximum absolute atomic E-state index is 8.98. The second-order valence-electron chi connectivity index (χ2n) is 7.48. The van der Waals surface area contributed by atoms with Crippen LogP contribution in [0.1, 0.15) is 63.5 Å². The van der Waals surface area contributed by atoms with Gasteiger partial charge in [-0.25, -0.2) is 0 Å². The zero-order chi connectivity index (χ0) is 21.0. The Morgan fingerprint density at radius 2 is 1.14 bits per heavy atom. The van der Waals surface area contributed by atoms with E-state index < -0.39 is 0 Å². The van der Waals surface area contributed by atoms with Gasteiger partial charge in [-0.05, 0) is 48.2 Å². The molecule has 0 atom stereocenters. The van der Waals surface area contributed by atoms with Gasteiger partial charge in [0.25, 0.3) is 0 Å². The molecule has 0 aliphatic heterocycles. The molecular formula is C25H36O4. The van der Waals surface area contributed by atoms with E-state index in [0.717, 1.165) is 30.8 Å². The highest BCUT2D eigenvalue weighted by atomic mass is 16.5. The van der Waals surface area contributed by atoms with E-state index in [2.05, 4.69) is 38.1 Å². The Kier molecular flexibility index (Phi) is 10.0. The van der Waals surface area contributed by atoms with Crippen molar-refractivity contribution in [2.24, 2.45) is 0 Å². The van der Waals surface area contributed by atoms with Crippen LogP contribution in [-0.2, 0) is 5.41 Å². The Labute approximate surface area is 175 Å². The normalized spacial score (nSPS) is 11.4. The SMILES string of the molecule is CCCCCC(CCC)(c1ccc(OCCO)cc1)c1ccc(OCCO)cc1. The van der Waals surface area contributed by atoms with Crippen LogP contribution in [0.3, 0.4) is 0 Å². The minimum atomic E-state index is -0.0467. The molecule has 4 nitrogen and oxygen atoms in total. The smallest absolute Gasteiger partial charge is 0.119 e. The zero-order valence-electron chi connectivity index (χ0n) is 17.9. The zero-order valence-corrected chi connectivity index (χ0v) is 17.9. The first-order chi connectivity index (χ1) is 14.2. The summed E-state index contributed by atoms with van der Waals surface area (Å²) in [5, 5.41) is 18.0. The van der Waals surface area contributed by atoms with Gasteiger partial charge in [0, 0.05) is 5.41 Å². The van der Waals surface area contributed by atoms with Gasteiger partial charge in [0.1, 0.15) is 24.7 Å². The summed E-state index contributed by atoms with van der Waals surface area (Å²) in [4.78, 5) is 0. The fourth-order valence-electron chi connectivity index (χ4n) is 4.04. The molecule has 29 heavy (non-hydrogen) atoms. The number of unbranched alkanes of at least 4 members (excludes halogenated alkanes) is 2. The molecule has 0 radical (unpaired) electrons. The molecule has 0 aliphatic carbocycles. The first-order valence-corrected chi connectivity index (χ1v) is 10.9. The number of hydrogen-bond acceptors (Lipinski definition) is 4. The highest BCUT2D eigenvalue weighted by molar-refractivity contribution is 5.43. The van der Waals surface area contributed by atoms with Crippen molar-refractivity contribution in [3.8, 4) is 11.5 Å². The quantitative estimate of drug-likeness (QED) is 0.433. The van der Waals surface area contributed by atoms with E-state index in [-0.39, 0.29) is 18.6 Å². The Hall–Kier alpha value is -2.04. The summed E-state index contributed by atoms with van der Waals surface area (Å²) in [6.45, 7) is 5.14. The van der Waals surface area contributed by atoms with Crippen LogP contribution in [0.5, 0.6) is 11.5 Å². The maximum Gasteiger partial charge on any atom is 0.119 e. The third-order valence-electron chi connectivity index (χ3n) is 5.42. The summed E-state index contributed by atoms with van der Waals surface area (Å²) >= 11 is 0. The number of benzene rings is 2. The van der Waals surface area contributed by atoms with Gasteiger partial charge >= 0.3 is 0 Å². The summed E-state index contributed by atoms with van der Waals surface area (Å²) in [6, 6.07) is 16.7. The van der Waals surface area contributed by atoms with Crippen LogP contribution in [-0.4, -0.2) is 36.6 Å². The Bertz CT molecular complexity index is 627. The van der Waals surface area contributed by atoms with Gasteiger partial charge in [0.2, 0.25) is 0 Å². The van der Waals surface area contributed by atoms with Crippen molar-refractivity contribution in [2.75, 3.05) is 26.4 Å². The lowest BCUT2D eigenvalue weighted by atomic mass is 9.68. The summed E-state index contributed by atoms with van der Waals surface area (Å²) in [5.74, 6) is 1.57. The number of aliphatic hydroxyl groups excluding tert-OH is 2. The molecule has 160 valence electrons. The van der Waals surface area contributed by atoms with Crippen molar-refractivity contribution < 1.29 is 19.7 Å². The van der Waals surface area contributed by atoms with Gasteiger partial charge < -0.3 is 19.7 Å². The van der Waals surface area contributed by atoms with Crippen LogP contribution < -0.4 is 9.47 Å². The maximum atomic E-state index is 8.98. The van der Waals surface area contributed by atoms with Crippen LogP contribution >= 0.6 is 0 Å². The lowest BCUT2D eigenvalue weighted by Crippen LogP contribution is -2.28. The molecule has 0 spiro atoms. The van der Waals surface area contributed by atoms with Crippen LogP contribution in [0.4, 0.5) is 0 Å². The van der Waals surface area contributed by atoms with Gasteiger partial charge in [-0.2, -0.15) is 0 Å². The molecule has 0 aliphatic rings. The first kappa shape index (κ1) is 23.2. The Morgan fingerprint density at radius 3 is 1.52 bits per heavy atom. The van der Waals surface area contributed by atoms with Crippen LogP contribution in [0.25, 0.3) is 0 Å². The largest absolute Gasteiger partial charge is 0.491 e. The molecule has 2 aromatic carbocycles. The van der Waals surface area contributed by atoms with Gasteiger partial charge in [0.05, 0.1) is 13.2 Å². The summed E-state index contributed by atoms with van der Waals surface area (Å²) < 4.78 is 11.1. The third kappa shape index (κ3) is 6.48. The van der Waals surface area contributed by atoms with E-state index >= 15 is 0 Å². The topological polar surface area (TPSA) is 58.9 Å². The van der Waals surface area contributed by atoms with Gasteiger partial charge in [0.15, 0.2) is 0 Å². The van der Waals surface area contributed by atoms with E-state index in [1.807, 2.05) is 24.3 Å². The summed E-state index contributed by atoms with van der Waals surface area (Å²) in [6.07, 6.45) is 6.87. The molecule has 0 heterocycles. The average molecular weight is 401 g/mol. The molecule has 0 unspecified atom stereocenters. The second kappa shape index (κ2) is 12.5. The van der Waals surface area contributed by atoms with E-state index in [4.69, 9.17) is 19.7 Å². The fourth-order valence-corrected chi connectivity index (χ4v) is 4.04. The molecule has 2 rings (SSSR count). The van der Waals surface area contributed by atoms with Gasteiger partial charge in [-0.1, -0.05) is 63.8 Å². The molecule has 4 heteroatoms. The minimum Gasteiger partial charge on any atom is -0.491 e. The summed E-state index contributed by atoms with van der Waals surface area (Å²) in [5.41, 5.74) is 2.56. The lowest BCUT2D eigenvalue weighted by molar-refractivity contribution is 0.201. The third-order valence-corrected chi connectivity index (χ3v) is 5.42. The van der Waals surface area contributed by atoms with E-state index in [0.29, 0.717) is 13.2 Å². The number of rotatable bonds is 14. The van der Waals surface area contributed by atoms with Crippen molar-refractivity contribution in [2.45, 2.75) is 57.8 Å². The monoisotopic (exact) mass is 400 g/mol. The average Bonchev–Trinajstić information content (AvgIpc) is 2.76. The highest BCUT2D eigenvalue weighted by Crippen LogP contribution is 2.42. The van der Waals surface area contributed by atoms with E-state index in [1.165, 1.54) is 30.4 Å². The lowest BCUT2D eigenvalue weighted by Gasteiger charge is -2.36. The molecule has 0 fully saturated rings. The van der Waals surface area contributed by atoms with Gasteiger partial charge in [-0.15, -0.1) is 0 Å². The molecule has 0 saturated carbocycles. The van der Waals surface area contributed by atoms with Crippen LogP contribution in [0.2, 0.25) is 0 Å². The fraction of sp³-hybridized carbons (Fsp3) is 0.520. The molecular weight excluding hydrogens is 364 g/mol. The Morgan fingerprint density at radius 1 is 0.655 bits per heavy atom. The number of aliphatic hydroxyl groups is 2. The molecule has 0 saturated heterocycles. The van der Waals surface area contributed by atoms with Gasteiger partial charge in [-0.3, -0.25) is 0 Å². The predicted molar refractivity (Wildman–Crippen MR) is 118 cm³/mol. The minimum absolute atomic E-state index is 0.0171. The number of hydrogen-bond donors (Lipinski definition) is 2. The predicted octanol–water partition coefficient (Wildman–Crippen LogP) is 5.10. The van der Waals surface area contributed by atoms with E-state index in [9.17, 15) is 0 Å². The van der Waals surface area contributed by atoms with Crippen molar-refractivity contribution in [3.63, 3.8) is 0 Å². The molecule has 0 amide bonds. The van der Waals surface area contributed by atoms with Crippen LogP contribution in [0, 0.1) is 0 Å². The number of ether oxygens (including phenoxy) is 2. The van der Waals surface area contributed by atoms with Crippen molar-refractivity contribution in [1.82, 2.24) is 0 Å². The Balaban J connectivity index is 2.38. The first-order valence-electron chi connectivity index (χ1n) is 10.9. The van der Waals surface area contributed by atoms with Crippen molar-refractivity contribution in [1.29, 1.82) is 0 Å². The highest BCUT2D eigenvalue weighted by Gasteiger charge is 2.33. The second-order valence-corrected chi connectivity index (χ2v) is 7.48. The summed E-state index contributed by atoms with van der Waals surface area (Å²) in [7, 11) is 0. The van der Waals surface area contributed by atoms with Crippen LogP contribution in [0.15, 0.2) is 48.5 Å². The van der Waals surface area contributed by atoms with E-state index in [1.54, 1.807) is 0 Å². The standard InChI is InChI=1S/C25H36O4/c1-3-5-6-16-25(15-4-2,21-7-11-23(12-8-21)28-19-17-26)22-9-13-24(14-10-22)29-20-18-27/h7-14,26-27H,3-6,15-20H2,1-2H3. The molecule has 2 aromatic rings. The molecule has 2 N–H and O–H groups in total. The molecule has 0 bridgehead atoms. The van der Waals surface area contributed by atoms with Crippen molar-refractivity contribution >= 4 is 0 Å². The molecule has 0 aromatic heterocycles.